The van der Waals surface area contributed by atoms with Gasteiger partial charge >= 0.3 is 5.97 Å². The number of non-ortho nitro benzene ring substituents is 1. The van der Waals surface area contributed by atoms with Gasteiger partial charge in [0, 0.05) is 23.9 Å². The van der Waals surface area contributed by atoms with Crippen molar-refractivity contribution >= 4 is 11.7 Å². The normalized spacial score (nSPS) is 10.2. The lowest BCUT2D eigenvalue weighted by Crippen LogP contribution is -2.06. The fraction of sp³-hybridized carbons (Fsp3) is 0.154. The molecule has 0 saturated carbocycles. The molecule has 0 aliphatic rings. The monoisotopic (exact) mass is 273 g/mol. The predicted octanol–water partition coefficient (Wildman–Crippen LogP) is 2.31. The Morgan fingerprint density at radius 2 is 2.20 bits per heavy atom. The van der Waals surface area contributed by atoms with Gasteiger partial charge in [0.05, 0.1) is 16.2 Å². The summed E-state index contributed by atoms with van der Waals surface area (Å²) in [5, 5.41) is 19.7. The van der Waals surface area contributed by atoms with Gasteiger partial charge in [-0.05, 0) is 6.42 Å². The van der Waals surface area contributed by atoms with E-state index < -0.39 is 10.9 Å². The summed E-state index contributed by atoms with van der Waals surface area (Å²) in [6, 6.07) is 5.90. The number of rotatable bonds is 4. The molecule has 7 heteroatoms. The molecule has 0 aliphatic carbocycles. The highest BCUT2D eigenvalue weighted by Gasteiger charge is 2.14. The molecule has 0 atom stereocenters. The van der Waals surface area contributed by atoms with Crippen LogP contribution in [-0.4, -0.2) is 26.0 Å². The summed E-state index contributed by atoms with van der Waals surface area (Å²) in [5.41, 5.74) is 0.855. The molecule has 1 aromatic carbocycles. The topological polar surface area (TPSA) is 106 Å². The van der Waals surface area contributed by atoms with Crippen LogP contribution in [0.3, 0.4) is 0 Å². The van der Waals surface area contributed by atoms with E-state index in [-0.39, 0.29) is 17.1 Å². The van der Waals surface area contributed by atoms with Gasteiger partial charge in [-0.2, -0.15) is 0 Å². The molecule has 0 bridgehead atoms. The second kappa shape index (κ2) is 5.43. The van der Waals surface area contributed by atoms with Crippen molar-refractivity contribution in [3.8, 4) is 11.4 Å². The summed E-state index contributed by atoms with van der Waals surface area (Å²) < 4.78 is 0. The summed E-state index contributed by atoms with van der Waals surface area (Å²) >= 11 is 0. The number of hydrogen-bond acceptors (Lipinski definition) is 5. The van der Waals surface area contributed by atoms with Crippen molar-refractivity contribution in [3.05, 3.63) is 51.8 Å². The molecule has 2 aromatic rings. The summed E-state index contributed by atoms with van der Waals surface area (Å²) in [6.45, 7) is 1.78. The summed E-state index contributed by atoms with van der Waals surface area (Å²) in [5.74, 6) is -0.817. The van der Waals surface area contributed by atoms with Crippen LogP contribution >= 0.6 is 0 Å². The van der Waals surface area contributed by atoms with Crippen LogP contribution in [0, 0.1) is 10.1 Å². The van der Waals surface area contributed by atoms with E-state index in [4.69, 9.17) is 5.11 Å². The average Bonchev–Trinajstić information content (AvgIpc) is 2.46. The Morgan fingerprint density at radius 1 is 1.45 bits per heavy atom. The van der Waals surface area contributed by atoms with E-state index in [0.717, 1.165) is 0 Å². The minimum atomic E-state index is -1.09. The molecule has 7 nitrogen and oxygen atoms in total. The van der Waals surface area contributed by atoms with Gasteiger partial charge in [-0.1, -0.05) is 19.1 Å². The van der Waals surface area contributed by atoms with Crippen molar-refractivity contribution in [1.29, 1.82) is 0 Å². The number of carboxylic acids is 1. The molecule has 0 fully saturated rings. The van der Waals surface area contributed by atoms with Gasteiger partial charge in [0.25, 0.3) is 5.69 Å². The molecule has 1 aromatic heterocycles. The zero-order valence-electron chi connectivity index (χ0n) is 10.6. The third-order valence-electron chi connectivity index (χ3n) is 2.75. The average molecular weight is 273 g/mol. The summed E-state index contributed by atoms with van der Waals surface area (Å²) in [4.78, 5) is 29.4. The lowest BCUT2D eigenvalue weighted by Gasteiger charge is -2.05. The molecule has 1 heterocycles. The third kappa shape index (κ3) is 2.61. The first-order chi connectivity index (χ1) is 9.52. The van der Waals surface area contributed by atoms with Gasteiger partial charge in [-0.25, -0.2) is 14.8 Å². The largest absolute Gasteiger partial charge is 0.478 e. The van der Waals surface area contributed by atoms with E-state index in [9.17, 15) is 14.9 Å². The number of carbonyl (C=O) groups is 1. The maximum absolute atomic E-state index is 11.0. The fourth-order valence-corrected chi connectivity index (χ4v) is 1.76. The van der Waals surface area contributed by atoms with Crippen LogP contribution in [0.5, 0.6) is 0 Å². The Balaban J connectivity index is 2.50. The minimum absolute atomic E-state index is 0.0432. The maximum atomic E-state index is 11.0. The number of aromatic nitrogens is 2. The van der Waals surface area contributed by atoms with E-state index in [0.29, 0.717) is 17.7 Å². The number of hydrogen-bond donors (Lipinski definition) is 1. The SMILES string of the molecule is CCc1nc(-c2cccc([N+](=O)[O-])c2)ncc1C(=O)O. The van der Waals surface area contributed by atoms with E-state index >= 15 is 0 Å². The van der Waals surface area contributed by atoms with Crippen molar-refractivity contribution < 1.29 is 14.8 Å². The molecule has 20 heavy (non-hydrogen) atoms. The van der Waals surface area contributed by atoms with E-state index in [2.05, 4.69) is 9.97 Å². The smallest absolute Gasteiger partial charge is 0.339 e. The first-order valence-corrected chi connectivity index (χ1v) is 5.87. The Kier molecular flexibility index (Phi) is 3.69. The quantitative estimate of drug-likeness (QED) is 0.676. The Bertz CT molecular complexity index is 685. The summed E-state index contributed by atoms with van der Waals surface area (Å²) in [6.07, 6.45) is 1.66. The number of nitro benzene ring substituents is 1. The minimum Gasteiger partial charge on any atom is -0.478 e. The van der Waals surface area contributed by atoms with Crippen molar-refractivity contribution in [3.63, 3.8) is 0 Å². The van der Waals surface area contributed by atoms with Gasteiger partial charge in [-0.15, -0.1) is 0 Å². The van der Waals surface area contributed by atoms with Crippen LogP contribution in [0.15, 0.2) is 30.5 Å². The highest BCUT2D eigenvalue weighted by Crippen LogP contribution is 2.21. The van der Waals surface area contributed by atoms with Crippen LogP contribution in [-0.2, 0) is 6.42 Å². The van der Waals surface area contributed by atoms with Crippen LogP contribution in [0.1, 0.15) is 23.0 Å². The van der Waals surface area contributed by atoms with E-state index in [1.807, 2.05) is 0 Å². The Labute approximate surface area is 114 Å². The number of nitro groups is 1. The van der Waals surface area contributed by atoms with E-state index in [1.165, 1.54) is 24.4 Å². The van der Waals surface area contributed by atoms with E-state index in [1.54, 1.807) is 13.0 Å². The summed E-state index contributed by atoms with van der Waals surface area (Å²) in [7, 11) is 0. The van der Waals surface area contributed by atoms with Crippen LogP contribution in [0.4, 0.5) is 5.69 Å². The third-order valence-corrected chi connectivity index (χ3v) is 2.75. The van der Waals surface area contributed by atoms with Crippen LogP contribution in [0.2, 0.25) is 0 Å². The predicted molar refractivity (Wildman–Crippen MR) is 70.5 cm³/mol. The standard InChI is InChI=1S/C13H11N3O4/c1-2-11-10(13(17)18)7-14-12(15-11)8-4-3-5-9(6-8)16(19)20/h3-7H,2H2,1H3,(H,17,18). The highest BCUT2D eigenvalue weighted by atomic mass is 16.6. The van der Waals surface area contributed by atoms with Gasteiger partial charge in [-0.3, -0.25) is 10.1 Å². The van der Waals surface area contributed by atoms with Gasteiger partial charge < -0.3 is 5.11 Å². The molecule has 0 amide bonds. The Morgan fingerprint density at radius 3 is 2.80 bits per heavy atom. The van der Waals surface area contributed by atoms with Gasteiger partial charge in [0.2, 0.25) is 0 Å². The number of aryl methyl sites for hydroxylation is 1. The first-order valence-electron chi connectivity index (χ1n) is 5.87. The number of nitrogens with zero attached hydrogens (tertiary/aromatic N) is 3. The lowest BCUT2D eigenvalue weighted by molar-refractivity contribution is -0.384. The molecule has 0 unspecified atom stereocenters. The first kappa shape index (κ1) is 13.6. The lowest BCUT2D eigenvalue weighted by atomic mass is 10.1. The number of carboxylic acid groups (broad SMARTS) is 1. The molecule has 102 valence electrons. The zero-order valence-corrected chi connectivity index (χ0v) is 10.6. The number of aromatic carboxylic acids is 1. The van der Waals surface area contributed by atoms with Crippen LogP contribution < -0.4 is 0 Å². The van der Waals surface area contributed by atoms with Crippen molar-refractivity contribution in [2.75, 3.05) is 0 Å². The molecular weight excluding hydrogens is 262 g/mol. The molecule has 0 aliphatic heterocycles. The molecule has 1 N–H and O–H groups in total. The van der Waals surface area contributed by atoms with Gasteiger partial charge in [0.15, 0.2) is 5.82 Å². The molecule has 0 radical (unpaired) electrons. The maximum Gasteiger partial charge on any atom is 0.339 e. The van der Waals surface area contributed by atoms with Crippen molar-refractivity contribution in [2.24, 2.45) is 0 Å². The molecule has 2 rings (SSSR count). The molecule has 0 saturated heterocycles. The Hall–Kier alpha value is -2.83. The molecule has 0 spiro atoms. The second-order valence-electron chi connectivity index (χ2n) is 4.02. The zero-order chi connectivity index (χ0) is 14.7. The number of benzene rings is 1. The fourth-order valence-electron chi connectivity index (χ4n) is 1.76. The van der Waals surface area contributed by atoms with Crippen molar-refractivity contribution in [2.45, 2.75) is 13.3 Å². The molecular formula is C13H11N3O4. The van der Waals surface area contributed by atoms with Gasteiger partial charge in [0.1, 0.15) is 0 Å². The highest BCUT2D eigenvalue weighted by molar-refractivity contribution is 5.88. The second-order valence-corrected chi connectivity index (χ2v) is 4.02. The van der Waals surface area contributed by atoms with Crippen molar-refractivity contribution in [1.82, 2.24) is 9.97 Å². The van der Waals surface area contributed by atoms with Crippen LogP contribution in [0.25, 0.3) is 11.4 Å².